The third-order valence-electron chi connectivity index (χ3n) is 8.72. The zero-order chi connectivity index (χ0) is 28.1. The summed E-state index contributed by atoms with van der Waals surface area (Å²) in [7, 11) is 4.07. The Labute approximate surface area is 240 Å². The maximum Gasteiger partial charge on any atom is 0.260 e. The molecule has 0 radical (unpaired) electrons. The molecule has 0 N–H and O–H groups in total. The van der Waals surface area contributed by atoms with E-state index in [0.717, 1.165) is 65.4 Å². The number of anilines is 1. The molecular formula is C33H33N7O. The lowest BCUT2D eigenvalue weighted by Gasteiger charge is -2.30. The number of pyridine rings is 1. The molecule has 0 spiro atoms. The topological polar surface area (TPSA) is 71.5 Å². The van der Waals surface area contributed by atoms with Crippen molar-refractivity contribution in [1.29, 1.82) is 0 Å². The van der Waals surface area contributed by atoms with Crippen LogP contribution < -0.4 is 4.90 Å². The van der Waals surface area contributed by atoms with E-state index in [1.807, 2.05) is 40.8 Å². The summed E-state index contributed by atoms with van der Waals surface area (Å²) in [5.74, 6) is 2.60. The van der Waals surface area contributed by atoms with Crippen molar-refractivity contribution in [3.8, 4) is 22.5 Å². The van der Waals surface area contributed by atoms with Crippen LogP contribution in [0.1, 0.15) is 65.2 Å². The average Bonchev–Trinajstić information content (AvgIpc) is 3.65. The van der Waals surface area contributed by atoms with Crippen molar-refractivity contribution in [2.24, 2.45) is 13.0 Å². The number of fused-ring (bicyclic) bond motifs is 1. The Bertz CT molecular complexity index is 1690. The lowest BCUT2D eigenvalue weighted by atomic mass is 9.85. The third kappa shape index (κ3) is 4.91. The highest BCUT2D eigenvalue weighted by molar-refractivity contribution is 6.10. The first-order valence-corrected chi connectivity index (χ1v) is 14.5. The van der Waals surface area contributed by atoms with E-state index in [1.54, 1.807) is 6.33 Å². The fourth-order valence-corrected chi connectivity index (χ4v) is 6.11. The van der Waals surface area contributed by atoms with Crippen LogP contribution in [-0.4, -0.2) is 44.1 Å². The number of aromatic nitrogens is 4. The van der Waals surface area contributed by atoms with Crippen LogP contribution in [0.3, 0.4) is 0 Å². The quantitative estimate of drug-likeness (QED) is 0.242. The molecule has 206 valence electrons. The van der Waals surface area contributed by atoms with Gasteiger partial charge in [-0.1, -0.05) is 30.7 Å². The zero-order valence-electron chi connectivity index (χ0n) is 23.5. The van der Waals surface area contributed by atoms with Gasteiger partial charge in [0, 0.05) is 42.9 Å². The lowest BCUT2D eigenvalue weighted by molar-refractivity contribution is 0.0995. The molecule has 2 saturated carbocycles. The first-order valence-electron chi connectivity index (χ1n) is 14.5. The summed E-state index contributed by atoms with van der Waals surface area (Å²) >= 11 is 0. The van der Waals surface area contributed by atoms with Gasteiger partial charge in [-0.05, 0) is 85.2 Å². The van der Waals surface area contributed by atoms with E-state index in [2.05, 4.69) is 51.3 Å². The molecule has 0 bridgehead atoms. The van der Waals surface area contributed by atoms with E-state index < -0.39 is 0 Å². The van der Waals surface area contributed by atoms with E-state index in [-0.39, 0.29) is 5.91 Å². The Morgan fingerprint density at radius 3 is 2.59 bits per heavy atom. The van der Waals surface area contributed by atoms with E-state index in [1.165, 1.54) is 24.8 Å². The maximum atomic E-state index is 13.8. The third-order valence-corrected chi connectivity index (χ3v) is 8.72. The molecule has 2 aromatic heterocycles. The first kappa shape index (κ1) is 25.6. The molecule has 7 rings (SSSR count). The molecule has 2 fully saturated rings. The van der Waals surface area contributed by atoms with Gasteiger partial charge < -0.3 is 9.47 Å². The van der Waals surface area contributed by atoms with Crippen LogP contribution >= 0.6 is 0 Å². The normalized spacial score (nSPS) is 16.6. The van der Waals surface area contributed by atoms with Gasteiger partial charge in [0.1, 0.15) is 12.1 Å². The minimum absolute atomic E-state index is 0.00627. The standard InChI is InChI=1S/C33H33N7O/c1-34-26-11-12-27(29(16-26)32-37-35-20-39(32)3)25-14-30(23-9-10-23)36-31(15-25)40-19-24-8-7-22(13-28(24)33(40)41)18-38(2)17-21-5-4-6-21/h7-8,11-16,20-21,23H,4-6,9-10,17-19H2,2-3H3. The molecule has 4 aromatic rings. The van der Waals surface area contributed by atoms with E-state index >= 15 is 0 Å². The van der Waals surface area contributed by atoms with Crippen LogP contribution in [0.15, 0.2) is 54.9 Å². The van der Waals surface area contributed by atoms with Crippen molar-refractivity contribution in [3.05, 3.63) is 88.7 Å². The molecule has 0 atom stereocenters. The number of carbonyl (C=O) groups is 1. The minimum Gasteiger partial charge on any atom is -0.317 e. The molecule has 0 unspecified atom stereocenters. The second-order valence-electron chi connectivity index (χ2n) is 11.9. The van der Waals surface area contributed by atoms with Crippen LogP contribution in [0, 0.1) is 12.5 Å². The van der Waals surface area contributed by atoms with Gasteiger partial charge in [-0.3, -0.25) is 9.69 Å². The second-order valence-corrected chi connectivity index (χ2v) is 11.9. The highest BCUT2D eigenvalue weighted by Crippen LogP contribution is 2.43. The van der Waals surface area contributed by atoms with Gasteiger partial charge in [0.2, 0.25) is 0 Å². The molecule has 3 heterocycles. The van der Waals surface area contributed by atoms with Crippen molar-refractivity contribution in [1.82, 2.24) is 24.6 Å². The number of benzene rings is 2. The Morgan fingerprint density at radius 2 is 1.88 bits per heavy atom. The smallest absolute Gasteiger partial charge is 0.260 e. The summed E-state index contributed by atoms with van der Waals surface area (Å²) in [6, 6.07) is 16.2. The van der Waals surface area contributed by atoms with E-state index in [4.69, 9.17) is 11.6 Å². The van der Waals surface area contributed by atoms with Gasteiger partial charge in [0.25, 0.3) is 5.91 Å². The Kier molecular flexibility index (Phi) is 6.40. The largest absolute Gasteiger partial charge is 0.317 e. The fourth-order valence-electron chi connectivity index (χ4n) is 6.11. The predicted molar refractivity (Wildman–Crippen MR) is 159 cm³/mol. The average molecular weight is 544 g/mol. The minimum atomic E-state index is 0.00627. The van der Waals surface area contributed by atoms with Gasteiger partial charge in [0.15, 0.2) is 11.5 Å². The fraction of sp³-hybridized carbons (Fsp3) is 0.364. The summed E-state index contributed by atoms with van der Waals surface area (Å²) in [6.07, 6.45) is 7.90. The number of nitrogens with zero attached hydrogens (tertiary/aromatic N) is 7. The molecule has 41 heavy (non-hydrogen) atoms. The van der Waals surface area contributed by atoms with Crippen molar-refractivity contribution >= 4 is 17.4 Å². The van der Waals surface area contributed by atoms with Gasteiger partial charge in [-0.15, -0.1) is 10.2 Å². The van der Waals surface area contributed by atoms with Gasteiger partial charge in [-0.2, -0.15) is 0 Å². The van der Waals surface area contributed by atoms with Gasteiger partial charge in [-0.25, -0.2) is 9.83 Å². The summed E-state index contributed by atoms with van der Waals surface area (Å²) < 4.78 is 1.86. The van der Waals surface area contributed by atoms with Crippen LogP contribution in [0.5, 0.6) is 0 Å². The molecule has 8 heteroatoms. The Balaban J connectivity index is 1.23. The molecule has 8 nitrogen and oxygen atoms in total. The van der Waals surface area contributed by atoms with E-state index in [0.29, 0.717) is 29.8 Å². The molecular weight excluding hydrogens is 510 g/mol. The number of rotatable bonds is 8. The van der Waals surface area contributed by atoms with Crippen LogP contribution in [-0.2, 0) is 20.1 Å². The summed E-state index contributed by atoms with van der Waals surface area (Å²) in [4.78, 5) is 26.7. The number of amides is 1. The monoisotopic (exact) mass is 543 g/mol. The van der Waals surface area contributed by atoms with Gasteiger partial charge >= 0.3 is 0 Å². The van der Waals surface area contributed by atoms with Gasteiger partial charge in [0.05, 0.1) is 13.1 Å². The van der Waals surface area contributed by atoms with Crippen LogP contribution in [0.25, 0.3) is 27.4 Å². The molecule has 0 saturated heterocycles. The first-order chi connectivity index (χ1) is 20.0. The van der Waals surface area contributed by atoms with Crippen molar-refractivity contribution in [2.75, 3.05) is 18.5 Å². The second kappa shape index (κ2) is 10.2. The number of hydrogen-bond acceptors (Lipinski definition) is 5. The summed E-state index contributed by atoms with van der Waals surface area (Å²) in [5.41, 5.74) is 7.30. The lowest BCUT2D eigenvalue weighted by Crippen LogP contribution is -2.29. The summed E-state index contributed by atoms with van der Waals surface area (Å²) in [5, 5.41) is 8.41. The van der Waals surface area contributed by atoms with Crippen molar-refractivity contribution < 1.29 is 4.79 Å². The molecule has 1 aliphatic heterocycles. The maximum absolute atomic E-state index is 13.8. The molecule has 1 amide bonds. The highest BCUT2D eigenvalue weighted by Gasteiger charge is 2.32. The molecule has 2 aliphatic carbocycles. The number of aryl methyl sites for hydroxylation is 1. The van der Waals surface area contributed by atoms with Crippen molar-refractivity contribution in [3.63, 3.8) is 0 Å². The van der Waals surface area contributed by atoms with Crippen LogP contribution in [0.2, 0.25) is 0 Å². The number of carbonyl (C=O) groups excluding carboxylic acids is 1. The predicted octanol–water partition coefficient (Wildman–Crippen LogP) is 6.36. The Hall–Kier alpha value is -4.35. The zero-order valence-corrected chi connectivity index (χ0v) is 23.5. The SMILES string of the molecule is [C-]#[N+]c1ccc(-c2cc(C3CC3)nc(N3Cc4ccc(CN(C)CC5CCC5)cc4C3=O)c2)c(-c2nncn2C)c1. The van der Waals surface area contributed by atoms with Crippen molar-refractivity contribution in [2.45, 2.75) is 51.1 Å². The highest BCUT2D eigenvalue weighted by atomic mass is 16.2. The van der Waals surface area contributed by atoms with Crippen LogP contribution in [0.4, 0.5) is 11.5 Å². The summed E-state index contributed by atoms with van der Waals surface area (Å²) in [6.45, 7) is 10.0. The molecule has 3 aliphatic rings. The Morgan fingerprint density at radius 1 is 1.02 bits per heavy atom. The number of hydrogen-bond donors (Lipinski definition) is 0. The van der Waals surface area contributed by atoms with E-state index in [9.17, 15) is 4.79 Å². The molecule has 2 aromatic carbocycles.